The molecular weight excluding hydrogens is 264 g/mol. The third-order valence-electron chi connectivity index (χ3n) is 3.33. The van der Waals surface area contributed by atoms with E-state index in [1.807, 2.05) is 6.07 Å². The van der Waals surface area contributed by atoms with E-state index in [4.69, 9.17) is 17.3 Å². The fraction of sp³-hybridized carbons (Fsp3) is 0.538. The Bertz CT molecular complexity index is 434. The van der Waals surface area contributed by atoms with Crippen molar-refractivity contribution < 1.29 is 4.79 Å². The van der Waals surface area contributed by atoms with E-state index in [2.05, 4.69) is 15.2 Å². The van der Waals surface area contributed by atoms with Crippen LogP contribution in [0.15, 0.2) is 18.3 Å². The number of nitrogens with two attached hydrogens (primary N) is 1. The molecule has 19 heavy (non-hydrogen) atoms. The van der Waals surface area contributed by atoms with Crippen molar-refractivity contribution in [2.45, 2.75) is 25.4 Å². The molecular formula is C13H19ClN4O. The van der Waals surface area contributed by atoms with E-state index in [1.165, 1.54) is 0 Å². The summed E-state index contributed by atoms with van der Waals surface area (Å²) in [5.41, 5.74) is 6.21. The monoisotopic (exact) mass is 282 g/mol. The predicted octanol–water partition coefficient (Wildman–Crippen LogP) is 0.774. The van der Waals surface area contributed by atoms with Gasteiger partial charge in [0, 0.05) is 23.8 Å². The Kier molecular flexibility index (Phi) is 5.13. The average molecular weight is 283 g/mol. The van der Waals surface area contributed by atoms with E-state index in [-0.39, 0.29) is 12.5 Å². The molecule has 1 amide bonds. The maximum atomic E-state index is 11.2. The number of rotatable bonds is 5. The summed E-state index contributed by atoms with van der Waals surface area (Å²) in [5, 5.41) is 3.98. The lowest BCUT2D eigenvalue weighted by molar-refractivity contribution is -0.120. The lowest BCUT2D eigenvalue weighted by Gasteiger charge is -2.33. The molecule has 2 heterocycles. The van der Waals surface area contributed by atoms with E-state index < -0.39 is 0 Å². The zero-order valence-corrected chi connectivity index (χ0v) is 11.6. The average Bonchev–Trinajstić information content (AvgIpc) is 2.38. The van der Waals surface area contributed by atoms with Gasteiger partial charge in [-0.1, -0.05) is 11.6 Å². The number of carbonyl (C=O) groups is 1. The normalized spacial score (nSPS) is 16.7. The van der Waals surface area contributed by atoms with Gasteiger partial charge in [-0.15, -0.1) is 0 Å². The molecule has 1 aliphatic rings. The lowest BCUT2D eigenvalue weighted by Crippen LogP contribution is -2.46. The van der Waals surface area contributed by atoms with E-state index >= 15 is 0 Å². The molecule has 1 aromatic rings. The van der Waals surface area contributed by atoms with Crippen molar-refractivity contribution in [3.05, 3.63) is 29.0 Å². The van der Waals surface area contributed by atoms with Crippen LogP contribution in [0.4, 0.5) is 0 Å². The molecule has 1 aromatic heterocycles. The van der Waals surface area contributed by atoms with E-state index in [0.29, 0.717) is 17.6 Å². The highest BCUT2D eigenvalue weighted by molar-refractivity contribution is 6.30. The van der Waals surface area contributed by atoms with Crippen LogP contribution in [-0.4, -0.2) is 41.5 Å². The SMILES string of the molecule is NC(=O)CN(Cc1cc(Cl)ccn1)C1CCNCC1. The molecule has 0 aliphatic carbocycles. The molecule has 0 spiro atoms. The molecule has 0 atom stereocenters. The first-order valence-electron chi connectivity index (χ1n) is 6.48. The predicted molar refractivity (Wildman–Crippen MR) is 74.7 cm³/mol. The number of pyridine rings is 1. The first kappa shape index (κ1) is 14.2. The van der Waals surface area contributed by atoms with Crippen molar-refractivity contribution in [1.82, 2.24) is 15.2 Å². The third kappa shape index (κ3) is 4.45. The Morgan fingerprint density at radius 3 is 2.89 bits per heavy atom. The maximum absolute atomic E-state index is 11.2. The quantitative estimate of drug-likeness (QED) is 0.837. The van der Waals surface area contributed by atoms with Crippen LogP contribution in [0.25, 0.3) is 0 Å². The van der Waals surface area contributed by atoms with Gasteiger partial charge in [0.1, 0.15) is 0 Å². The van der Waals surface area contributed by atoms with Gasteiger partial charge in [0.05, 0.1) is 12.2 Å². The smallest absolute Gasteiger partial charge is 0.231 e. The summed E-state index contributed by atoms with van der Waals surface area (Å²) >= 11 is 5.96. The molecule has 5 nitrogen and oxygen atoms in total. The van der Waals surface area contributed by atoms with Crippen molar-refractivity contribution in [3.8, 4) is 0 Å². The molecule has 0 radical (unpaired) electrons. The number of hydrogen-bond acceptors (Lipinski definition) is 4. The zero-order chi connectivity index (χ0) is 13.7. The number of nitrogens with zero attached hydrogens (tertiary/aromatic N) is 2. The molecule has 1 saturated heterocycles. The highest BCUT2D eigenvalue weighted by atomic mass is 35.5. The van der Waals surface area contributed by atoms with Crippen LogP contribution >= 0.6 is 11.6 Å². The fourth-order valence-electron chi connectivity index (χ4n) is 2.43. The van der Waals surface area contributed by atoms with Gasteiger partial charge in [-0.25, -0.2) is 0 Å². The highest BCUT2D eigenvalue weighted by Gasteiger charge is 2.22. The Morgan fingerprint density at radius 1 is 1.53 bits per heavy atom. The third-order valence-corrected chi connectivity index (χ3v) is 3.56. The number of nitrogens with one attached hydrogen (secondary N) is 1. The van der Waals surface area contributed by atoms with Crippen molar-refractivity contribution in [1.29, 1.82) is 0 Å². The summed E-state index contributed by atoms with van der Waals surface area (Å²) in [6, 6.07) is 3.94. The summed E-state index contributed by atoms with van der Waals surface area (Å²) in [6.45, 7) is 2.82. The first-order valence-corrected chi connectivity index (χ1v) is 6.86. The fourth-order valence-corrected chi connectivity index (χ4v) is 2.61. The summed E-state index contributed by atoms with van der Waals surface area (Å²) in [4.78, 5) is 17.6. The molecule has 1 aliphatic heterocycles. The standard InChI is InChI=1S/C13H19ClN4O/c14-10-1-6-17-11(7-10)8-18(9-13(15)19)12-2-4-16-5-3-12/h1,6-7,12,16H,2-5,8-9H2,(H2,15,19). The van der Waals surface area contributed by atoms with Crippen LogP contribution in [0.2, 0.25) is 5.02 Å². The second-order valence-corrected chi connectivity index (χ2v) is 5.25. The largest absolute Gasteiger partial charge is 0.369 e. The summed E-state index contributed by atoms with van der Waals surface area (Å²) in [5.74, 6) is -0.305. The summed E-state index contributed by atoms with van der Waals surface area (Å²) in [6.07, 6.45) is 3.73. The van der Waals surface area contributed by atoms with Crippen LogP contribution in [0.1, 0.15) is 18.5 Å². The van der Waals surface area contributed by atoms with Crippen LogP contribution < -0.4 is 11.1 Å². The topological polar surface area (TPSA) is 71.2 Å². The molecule has 6 heteroatoms. The van der Waals surface area contributed by atoms with Gasteiger partial charge in [-0.2, -0.15) is 0 Å². The number of carbonyl (C=O) groups excluding carboxylic acids is 1. The molecule has 0 aromatic carbocycles. The number of aromatic nitrogens is 1. The van der Waals surface area contributed by atoms with Crippen LogP contribution in [0.3, 0.4) is 0 Å². The molecule has 3 N–H and O–H groups in total. The van der Waals surface area contributed by atoms with E-state index in [1.54, 1.807) is 12.3 Å². The number of primary amides is 1. The molecule has 104 valence electrons. The van der Waals surface area contributed by atoms with Gasteiger partial charge in [0.25, 0.3) is 0 Å². The Hall–Kier alpha value is -1.17. The molecule has 0 bridgehead atoms. The maximum Gasteiger partial charge on any atom is 0.231 e. The first-order chi connectivity index (χ1) is 9.15. The minimum Gasteiger partial charge on any atom is -0.369 e. The molecule has 1 fully saturated rings. The van der Waals surface area contributed by atoms with Gasteiger partial charge < -0.3 is 11.1 Å². The van der Waals surface area contributed by atoms with Crippen LogP contribution in [-0.2, 0) is 11.3 Å². The van der Waals surface area contributed by atoms with Gasteiger partial charge in [0.15, 0.2) is 0 Å². The van der Waals surface area contributed by atoms with Gasteiger partial charge in [-0.3, -0.25) is 14.7 Å². The number of amides is 1. The Morgan fingerprint density at radius 2 is 2.26 bits per heavy atom. The Labute approximate surface area is 118 Å². The Balaban J connectivity index is 2.06. The number of hydrogen-bond donors (Lipinski definition) is 2. The lowest BCUT2D eigenvalue weighted by atomic mass is 10.0. The highest BCUT2D eigenvalue weighted by Crippen LogP contribution is 2.16. The van der Waals surface area contributed by atoms with Gasteiger partial charge >= 0.3 is 0 Å². The summed E-state index contributed by atoms with van der Waals surface area (Å²) < 4.78 is 0. The number of piperidine rings is 1. The van der Waals surface area contributed by atoms with Gasteiger partial charge in [-0.05, 0) is 38.1 Å². The zero-order valence-electron chi connectivity index (χ0n) is 10.8. The van der Waals surface area contributed by atoms with E-state index in [9.17, 15) is 4.79 Å². The second kappa shape index (κ2) is 6.84. The van der Waals surface area contributed by atoms with Crippen molar-refractivity contribution in [2.24, 2.45) is 5.73 Å². The van der Waals surface area contributed by atoms with Crippen molar-refractivity contribution in [3.63, 3.8) is 0 Å². The van der Waals surface area contributed by atoms with Crippen LogP contribution in [0, 0.1) is 0 Å². The molecule has 0 unspecified atom stereocenters. The molecule has 2 rings (SSSR count). The minimum atomic E-state index is -0.305. The minimum absolute atomic E-state index is 0.263. The van der Waals surface area contributed by atoms with Gasteiger partial charge in [0.2, 0.25) is 5.91 Å². The van der Waals surface area contributed by atoms with Crippen molar-refractivity contribution in [2.75, 3.05) is 19.6 Å². The molecule has 0 saturated carbocycles. The summed E-state index contributed by atoms with van der Waals surface area (Å²) in [7, 11) is 0. The van der Waals surface area contributed by atoms with Crippen LogP contribution in [0.5, 0.6) is 0 Å². The van der Waals surface area contributed by atoms with E-state index in [0.717, 1.165) is 31.6 Å². The second-order valence-electron chi connectivity index (χ2n) is 4.82. The number of halogens is 1. The van der Waals surface area contributed by atoms with Crippen molar-refractivity contribution >= 4 is 17.5 Å².